The van der Waals surface area contributed by atoms with Gasteiger partial charge in [0.25, 0.3) is 0 Å². The molecule has 4 heteroatoms. The van der Waals surface area contributed by atoms with Crippen molar-refractivity contribution < 1.29 is 4.79 Å². The molecule has 3 rings (SSSR count). The summed E-state index contributed by atoms with van der Waals surface area (Å²) in [6, 6.07) is 6.49. The average Bonchev–Trinajstić information content (AvgIpc) is 3.29. The van der Waals surface area contributed by atoms with E-state index >= 15 is 0 Å². The van der Waals surface area contributed by atoms with Crippen molar-refractivity contribution in [3.63, 3.8) is 0 Å². The first kappa shape index (κ1) is 14.9. The van der Waals surface area contributed by atoms with Gasteiger partial charge in [-0.2, -0.15) is 0 Å². The van der Waals surface area contributed by atoms with Crippen LogP contribution in [0.15, 0.2) is 18.2 Å². The van der Waals surface area contributed by atoms with Crippen molar-refractivity contribution in [2.24, 2.45) is 5.92 Å². The average molecular weight is 307 g/mol. The zero-order chi connectivity index (χ0) is 14.8. The van der Waals surface area contributed by atoms with Crippen molar-refractivity contribution in [3.8, 4) is 0 Å². The normalized spacial score (nSPS) is 20.5. The van der Waals surface area contributed by atoms with Crippen LogP contribution in [0.1, 0.15) is 37.7 Å². The monoisotopic (exact) mass is 306 g/mol. The number of rotatable bonds is 4. The molecule has 1 saturated carbocycles. The summed E-state index contributed by atoms with van der Waals surface area (Å²) in [5.41, 5.74) is 1.78. The van der Waals surface area contributed by atoms with E-state index in [-0.39, 0.29) is 5.91 Å². The number of halogens is 1. The van der Waals surface area contributed by atoms with Crippen molar-refractivity contribution in [2.75, 3.05) is 18.4 Å². The third-order valence-electron chi connectivity index (χ3n) is 4.73. The zero-order valence-electron chi connectivity index (χ0n) is 12.6. The summed E-state index contributed by atoms with van der Waals surface area (Å²) in [6.07, 6.45) is 5.68. The number of nitrogens with one attached hydrogen (secondary N) is 1. The maximum absolute atomic E-state index is 12.2. The molecule has 1 aliphatic carbocycles. The van der Waals surface area contributed by atoms with Gasteiger partial charge in [0.15, 0.2) is 0 Å². The molecule has 1 saturated heterocycles. The van der Waals surface area contributed by atoms with Gasteiger partial charge >= 0.3 is 0 Å². The number of benzene rings is 1. The van der Waals surface area contributed by atoms with E-state index in [2.05, 4.69) is 10.2 Å². The topological polar surface area (TPSA) is 32.3 Å². The van der Waals surface area contributed by atoms with Crippen molar-refractivity contribution in [1.29, 1.82) is 0 Å². The molecule has 3 nitrogen and oxygen atoms in total. The summed E-state index contributed by atoms with van der Waals surface area (Å²) in [5, 5.41) is 3.71. The van der Waals surface area contributed by atoms with E-state index in [1.807, 2.05) is 25.1 Å². The molecule has 0 bridgehead atoms. The Balaban J connectivity index is 1.49. The molecule has 0 radical (unpaired) electrons. The van der Waals surface area contributed by atoms with E-state index in [1.54, 1.807) is 0 Å². The number of carbonyl (C=O) groups excluding carboxylic acids is 1. The molecule has 0 spiro atoms. The molecule has 0 atom stereocenters. The highest BCUT2D eigenvalue weighted by Crippen LogP contribution is 2.32. The lowest BCUT2D eigenvalue weighted by Gasteiger charge is -2.31. The van der Waals surface area contributed by atoms with Gasteiger partial charge in [-0.3, -0.25) is 4.79 Å². The fourth-order valence-electron chi connectivity index (χ4n) is 3.17. The van der Waals surface area contributed by atoms with Gasteiger partial charge in [0, 0.05) is 23.2 Å². The van der Waals surface area contributed by atoms with E-state index in [4.69, 9.17) is 11.6 Å². The van der Waals surface area contributed by atoms with Crippen LogP contribution in [0.4, 0.5) is 5.69 Å². The maximum atomic E-state index is 12.2. The van der Waals surface area contributed by atoms with Crippen LogP contribution < -0.4 is 5.32 Å². The maximum Gasteiger partial charge on any atom is 0.224 e. The smallest absolute Gasteiger partial charge is 0.224 e. The second kappa shape index (κ2) is 6.37. The first-order valence-electron chi connectivity index (χ1n) is 7.92. The van der Waals surface area contributed by atoms with E-state index in [0.717, 1.165) is 30.1 Å². The lowest BCUT2D eigenvalue weighted by atomic mass is 9.93. The number of hydrogen-bond acceptors (Lipinski definition) is 2. The second-order valence-electron chi connectivity index (χ2n) is 6.38. The number of carbonyl (C=O) groups is 1. The second-order valence-corrected chi connectivity index (χ2v) is 6.78. The molecule has 0 aromatic heterocycles. The molecule has 1 aromatic carbocycles. The summed E-state index contributed by atoms with van der Waals surface area (Å²) < 4.78 is 0. The number of amides is 1. The lowest BCUT2D eigenvalue weighted by Crippen LogP contribution is -2.36. The summed E-state index contributed by atoms with van der Waals surface area (Å²) in [4.78, 5) is 14.8. The Kier molecular flexibility index (Phi) is 4.51. The summed E-state index contributed by atoms with van der Waals surface area (Å²) in [6.45, 7) is 4.27. The van der Waals surface area contributed by atoms with Gasteiger partial charge in [-0.15, -0.1) is 0 Å². The zero-order valence-corrected chi connectivity index (χ0v) is 13.3. The molecule has 1 aliphatic heterocycles. The molecule has 21 heavy (non-hydrogen) atoms. The molecule has 1 amide bonds. The van der Waals surface area contributed by atoms with Crippen molar-refractivity contribution in [2.45, 2.75) is 45.1 Å². The number of anilines is 1. The minimum absolute atomic E-state index is 0.116. The molecule has 2 fully saturated rings. The van der Waals surface area contributed by atoms with Crippen LogP contribution in [-0.2, 0) is 4.79 Å². The molecule has 1 N–H and O–H groups in total. The molecule has 2 aliphatic rings. The third kappa shape index (κ3) is 3.78. The summed E-state index contributed by atoms with van der Waals surface area (Å²) in [5.74, 6) is 0.643. The standard InChI is InChI=1S/C17H23ClN2O/c1-12-15(18)3-2-4-16(12)19-17(21)11-13-7-9-20(10-8-13)14-5-6-14/h2-4,13-14H,5-11H2,1H3,(H,19,21). The quantitative estimate of drug-likeness (QED) is 0.916. The fraction of sp³-hybridized carbons (Fsp3) is 0.588. The number of piperidine rings is 1. The Morgan fingerprint density at radius 3 is 2.67 bits per heavy atom. The molecular formula is C17H23ClN2O. The summed E-state index contributed by atoms with van der Waals surface area (Å²) in [7, 11) is 0. The third-order valence-corrected chi connectivity index (χ3v) is 5.14. The first-order chi connectivity index (χ1) is 10.1. The largest absolute Gasteiger partial charge is 0.326 e. The van der Waals surface area contributed by atoms with Crippen LogP contribution in [0.2, 0.25) is 5.02 Å². The van der Waals surface area contributed by atoms with Gasteiger partial charge < -0.3 is 10.2 Å². The van der Waals surface area contributed by atoms with E-state index in [9.17, 15) is 4.79 Å². The highest BCUT2D eigenvalue weighted by molar-refractivity contribution is 6.31. The highest BCUT2D eigenvalue weighted by Gasteiger charge is 2.32. The number of likely N-dealkylation sites (tertiary alicyclic amines) is 1. The fourth-order valence-corrected chi connectivity index (χ4v) is 3.34. The predicted octanol–water partition coefficient (Wildman–Crippen LogP) is 3.85. The lowest BCUT2D eigenvalue weighted by molar-refractivity contribution is -0.117. The van der Waals surface area contributed by atoms with Crippen molar-refractivity contribution in [1.82, 2.24) is 4.90 Å². The Labute approximate surface area is 131 Å². The van der Waals surface area contributed by atoms with Crippen LogP contribution in [0.3, 0.4) is 0 Å². The number of hydrogen-bond donors (Lipinski definition) is 1. The highest BCUT2D eigenvalue weighted by atomic mass is 35.5. The van der Waals surface area contributed by atoms with Crippen molar-refractivity contribution in [3.05, 3.63) is 28.8 Å². The van der Waals surface area contributed by atoms with Crippen LogP contribution >= 0.6 is 11.6 Å². The Bertz CT molecular complexity index is 520. The molecular weight excluding hydrogens is 284 g/mol. The van der Waals surface area contributed by atoms with E-state index < -0.39 is 0 Å². The van der Waals surface area contributed by atoms with Crippen LogP contribution in [0.25, 0.3) is 0 Å². The number of nitrogens with zero attached hydrogens (tertiary/aromatic N) is 1. The van der Waals surface area contributed by atoms with E-state index in [1.165, 1.54) is 25.9 Å². The summed E-state index contributed by atoms with van der Waals surface area (Å²) >= 11 is 6.08. The molecule has 1 heterocycles. The molecule has 1 aromatic rings. The minimum atomic E-state index is 0.116. The van der Waals surface area contributed by atoms with Gasteiger partial charge in [-0.25, -0.2) is 0 Å². The van der Waals surface area contributed by atoms with Crippen LogP contribution in [0.5, 0.6) is 0 Å². The SMILES string of the molecule is Cc1c(Cl)cccc1NC(=O)CC1CCN(C2CC2)CC1. The Morgan fingerprint density at radius 2 is 2.00 bits per heavy atom. The predicted molar refractivity (Wildman–Crippen MR) is 86.8 cm³/mol. The van der Waals surface area contributed by atoms with Gasteiger partial charge in [0.1, 0.15) is 0 Å². The van der Waals surface area contributed by atoms with Crippen LogP contribution in [-0.4, -0.2) is 29.9 Å². The molecule has 0 unspecified atom stereocenters. The minimum Gasteiger partial charge on any atom is -0.326 e. The van der Waals surface area contributed by atoms with Crippen LogP contribution in [0, 0.1) is 12.8 Å². The molecule has 114 valence electrons. The van der Waals surface area contributed by atoms with Gasteiger partial charge in [-0.1, -0.05) is 17.7 Å². The Morgan fingerprint density at radius 1 is 1.29 bits per heavy atom. The van der Waals surface area contributed by atoms with E-state index in [0.29, 0.717) is 17.4 Å². The van der Waals surface area contributed by atoms with Gasteiger partial charge in [0.2, 0.25) is 5.91 Å². The first-order valence-corrected chi connectivity index (χ1v) is 8.30. The van der Waals surface area contributed by atoms with Gasteiger partial charge in [0.05, 0.1) is 0 Å². The Hall–Kier alpha value is -1.06. The van der Waals surface area contributed by atoms with Crippen molar-refractivity contribution >= 4 is 23.2 Å². The van der Waals surface area contributed by atoms with Gasteiger partial charge in [-0.05, 0) is 69.3 Å².